The Bertz CT molecular complexity index is 771. The van der Waals surface area contributed by atoms with Crippen LogP contribution in [0.4, 0.5) is 18.9 Å². The van der Waals surface area contributed by atoms with Crippen molar-refractivity contribution in [3.05, 3.63) is 41.2 Å². The van der Waals surface area contributed by atoms with Gasteiger partial charge in [-0.15, -0.1) is 17.5 Å². The van der Waals surface area contributed by atoms with Crippen molar-refractivity contribution in [3.63, 3.8) is 0 Å². The van der Waals surface area contributed by atoms with Crippen LogP contribution in [0.3, 0.4) is 0 Å². The Hall–Kier alpha value is -2.13. The Morgan fingerprint density at radius 3 is 2.65 bits per heavy atom. The zero-order valence-electron chi connectivity index (χ0n) is 14.0. The molecule has 1 aliphatic rings. The summed E-state index contributed by atoms with van der Waals surface area (Å²) in [7, 11) is 0. The zero-order chi connectivity index (χ0) is 18.0. The fourth-order valence-corrected chi connectivity index (χ4v) is 2.83. The van der Waals surface area contributed by atoms with E-state index in [1.165, 1.54) is 25.3 Å². The third-order valence-corrected chi connectivity index (χ3v) is 4.23. The smallest absolute Gasteiger partial charge is 0.321 e. The second kappa shape index (κ2) is 8.05. The van der Waals surface area contributed by atoms with Gasteiger partial charge in [0, 0.05) is 5.69 Å². The first-order valence-electron chi connectivity index (χ1n) is 7.96. The molecule has 2 heterocycles. The molecule has 1 fully saturated rings. The number of rotatable bonds is 3. The van der Waals surface area contributed by atoms with Gasteiger partial charge in [-0.3, -0.25) is 4.79 Å². The highest BCUT2D eigenvalue weighted by molar-refractivity contribution is 6.02. The van der Waals surface area contributed by atoms with Crippen LogP contribution in [-0.4, -0.2) is 34.0 Å². The van der Waals surface area contributed by atoms with Crippen LogP contribution in [0.5, 0.6) is 0 Å². The number of anilines is 1. The molecule has 6 nitrogen and oxygen atoms in total. The first-order valence-corrected chi connectivity index (χ1v) is 7.96. The number of benzene rings is 1. The van der Waals surface area contributed by atoms with E-state index >= 15 is 0 Å². The van der Waals surface area contributed by atoms with Gasteiger partial charge >= 0.3 is 6.18 Å². The number of carbonyl (C=O) groups excluding carboxylic acids is 1. The summed E-state index contributed by atoms with van der Waals surface area (Å²) in [5, 5.41) is 13.5. The second-order valence-electron chi connectivity index (χ2n) is 6.05. The van der Waals surface area contributed by atoms with Crippen LogP contribution in [0.1, 0.15) is 40.5 Å². The number of aromatic nitrogens is 3. The van der Waals surface area contributed by atoms with E-state index in [-0.39, 0.29) is 35.4 Å². The maximum atomic E-state index is 13.0. The Morgan fingerprint density at radius 2 is 2.00 bits per heavy atom. The van der Waals surface area contributed by atoms with E-state index in [9.17, 15) is 18.0 Å². The highest BCUT2D eigenvalue weighted by atomic mass is 35.5. The van der Waals surface area contributed by atoms with Crippen molar-refractivity contribution in [1.82, 2.24) is 20.3 Å². The third-order valence-electron chi connectivity index (χ3n) is 4.23. The first-order chi connectivity index (χ1) is 11.8. The minimum atomic E-state index is -4.47. The molecule has 1 aliphatic heterocycles. The minimum Gasteiger partial charge on any atom is -0.321 e. The number of nitrogens with zero attached hydrogens (tertiary/aromatic N) is 3. The predicted molar refractivity (Wildman–Crippen MR) is 92.5 cm³/mol. The number of piperidine rings is 1. The van der Waals surface area contributed by atoms with E-state index in [0.717, 1.165) is 32.0 Å². The fourth-order valence-electron chi connectivity index (χ4n) is 2.83. The molecule has 3 rings (SSSR count). The van der Waals surface area contributed by atoms with Crippen molar-refractivity contribution in [3.8, 4) is 0 Å². The van der Waals surface area contributed by atoms with Crippen molar-refractivity contribution in [1.29, 1.82) is 0 Å². The first kappa shape index (κ1) is 20.2. The molecule has 1 aromatic heterocycles. The monoisotopic (exact) mass is 389 g/mol. The van der Waals surface area contributed by atoms with Crippen LogP contribution in [0.25, 0.3) is 0 Å². The molecular formula is C16H19ClF3N5O. The molecule has 1 saturated heterocycles. The second-order valence-corrected chi connectivity index (χ2v) is 6.05. The van der Waals surface area contributed by atoms with Crippen molar-refractivity contribution in [2.75, 3.05) is 18.4 Å². The Balaban J connectivity index is 0.00000243. The van der Waals surface area contributed by atoms with E-state index in [1.54, 1.807) is 4.68 Å². The fraction of sp³-hybridized carbons (Fsp3) is 0.438. The van der Waals surface area contributed by atoms with E-state index in [2.05, 4.69) is 20.9 Å². The van der Waals surface area contributed by atoms with Crippen LogP contribution in [0.2, 0.25) is 0 Å². The summed E-state index contributed by atoms with van der Waals surface area (Å²) in [6, 6.07) is 3.85. The molecule has 142 valence electrons. The van der Waals surface area contributed by atoms with Crippen LogP contribution >= 0.6 is 12.4 Å². The molecule has 0 radical (unpaired) electrons. The lowest BCUT2D eigenvalue weighted by Gasteiger charge is -2.22. The van der Waals surface area contributed by atoms with Crippen molar-refractivity contribution in [2.24, 2.45) is 0 Å². The average molecular weight is 390 g/mol. The molecule has 0 aliphatic carbocycles. The predicted octanol–water partition coefficient (Wildman–Crippen LogP) is 3.20. The molecule has 1 amide bonds. The van der Waals surface area contributed by atoms with Gasteiger partial charge in [0.1, 0.15) is 0 Å². The molecule has 2 N–H and O–H groups in total. The molecule has 26 heavy (non-hydrogen) atoms. The molecule has 1 aromatic carbocycles. The number of hydrogen-bond donors (Lipinski definition) is 2. The van der Waals surface area contributed by atoms with Crippen molar-refractivity contribution >= 4 is 24.0 Å². The third kappa shape index (κ3) is 4.53. The highest BCUT2D eigenvalue weighted by Crippen LogP contribution is 2.33. The molecule has 10 heteroatoms. The zero-order valence-corrected chi connectivity index (χ0v) is 14.8. The number of aryl methyl sites for hydroxylation is 1. The summed E-state index contributed by atoms with van der Waals surface area (Å²) in [6.07, 6.45) is -1.16. The van der Waals surface area contributed by atoms with Crippen molar-refractivity contribution < 1.29 is 18.0 Å². The summed E-state index contributed by atoms with van der Waals surface area (Å²) in [5.74, 6) is -0.586. The molecule has 0 saturated carbocycles. The van der Waals surface area contributed by atoms with E-state index in [1.807, 2.05) is 0 Å². The summed E-state index contributed by atoms with van der Waals surface area (Å²) < 4.78 is 40.5. The molecule has 0 unspecified atom stereocenters. The number of halogens is 4. The Kier molecular flexibility index (Phi) is 6.25. The molecule has 0 bridgehead atoms. The number of amides is 1. The SMILES string of the molecule is Cc1ccc(NC(=O)c2cn(C3CCNCC3)nn2)cc1C(F)(F)F.Cl. The number of carbonyl (C=O) groups is 1. The van der Waals surface area contributed by atoms with Crippen LogP contribution in [-0.2, 0) is 6.18 Å². The largest absolute Gasteiger partial charge is 0.416 e. The van der Waals surface area contributed by atoms with Gasteiger partial charge in [0.15, 0.2) is 5.69 Å². The van der Waals surface area contributed by atoms with E-state index in [0.29, 0.717) is 0 Å². The normalized spacial score (nSPS) is 15.4. The lowest BCUT2D eigenvalue weighted by Crippen LogP contribution is -2.29. The maximum absolute atomic E-state index is 13.0. The maximum Gasteiger partial charge on any atom is 0.416 e. The lowest BCUT2D eigenvalue weighted by molar-refractivity contribution is -0.138. The van der Waals surface area contributed by atoms with Crippen LogP contribution in [0, 0.1) is 6.92 Å². The number of nitrogens with one attached hydrogen (secondary N) is 2. The van der Waals surface area contributed by atoms with Gasteiger partial charge in [0.2, 0.25) is 0 Å². The van der Waals surface area contributed by atoms with Gasteiger partial charge in [-0.1, -0.05) is 11.3 Å². The minimum absolute atomic E-state index is 0. The van der Waals surface area contributed by atoms with Gasteiger partial charge in [0.05, 0.1) is 17.8 Å². The Morgan fingerprint density at radius 1 is 1.31 bits per heavy atom. The van der Waals surface area contributed by atoms with Gasteiger partial charge in [0.25, 0.3) is 5.91 Å². The lowest BCUT2D eigenvalue weighted by atomic mass is 10.1. The van der Waals surface area contributed by atoms with Crippen LogP contribution in [0.15, 0.2) is 24.4 Å². The van der Waals surface area contributed by atoms with Gasteiger partial charge in [-0.2, -0.15) is 13.2 Å². The van der Waals surface area contributed by atoms with Gasteiger partial charge < -0.3 is 10.6 Å². The molecule has 0 spiro atoms. The molecular weight excluding hydrogens is 371 g/mol. The van der Waals surface area contributed by atoms with E-state index in [4.69, 9.17) is 0 Å². The quantitative estimate of drug-likeness (QED) is 0.845. The van der Waals surface area contributed by atoms with E-state index < -0.39 is 17.6 Å². The van der Waals surface area contributed by atoms with Crippen LogP contribution < -0.4 is 10.6 Å². The molecule has 0 atom stereocenters. The van der Waals surface area contributed by atoms with Crippen molar-refractivity contribution in [2.45, 2.75) is 32.0 Å². The topological polar surface area (TPSA) is 71.8 Å². The molecule has 2 aromatic rings. The number of alkyl halides is 3. The number of hydrogen-bond acceptors (Lipinski definition) is 4. The Labute approximate surface area is 154 Å². The average Bonchev–Trinajstić information content (AvgIpc) is 3.06. The van der Waals surface area contributed by atoms with Gasteiger partial charge in [-0.25, -0.2) is 4.68 Å². The summed E-state index contributed by atoms with van der Waals surface area (Å²) in [6.45, 7) is 3.12. The van der Waals surface area contributed by atoms with Gasteiger partial charge in [-0.05, 0) is 50.6 Å². The summed E-state index contributed by atoms with van der Waals surface area (Å²) >= 11 is 0. The standard InChI is InChI=1S/C16H18F3N5O.ClH/c1-10-2-3-11(8-13(10)16(17,18)19)21-15(25)14-9-24(23-22-14)12-4-6-20-7-5-12;/h2-3,8-9,12,20H,4-7H2,1H3,(H,21,25);1H. The summed E-state index contributed by atoms with van der Waals surface area (Å²) in [4.78, 5) is 12.2. The summed E-state index contributed by atoms with van der Waals surface area (Å²) in [5.41, 5.74) is -0.530. The highest BCUT2D eigenvalue weighted by Gasteiger charge is 2.32.